The predicted octanol–water partition coefficient (Wildman–Crippen LogP) is -0.931. The van der Waals surface area contributed by atoms with Crippen LogP contribution in [-0.4, -0.2) is 64.9 Å². The number of carboxylic acids is 1. The van der Waals surface area contributed by atoms with E-state index in [2.05, 4.69) is 5.32 Å². The molecule has 0 atom stereocenters. The molecule has 0 aliphatic heterocycles. The summed E-state index contributed by atoms with van der Waals surface area (Å²) < 4.78 is 5.35. The van der Waals surface area contributed by atoms with Crippen LogP contribution in [0.15, 0.2) is 24.3 Å². The lowest BCUT2D eigenvalue weighted by Crippen LogP contribution is -2.55. The molecule has 0 heterocycles. The Morgan fingerprint density at radius 2 is 1.85 bits per heavy atom. The summed E-state index contributed by atoms with van der Waals surface area (Å²) in [5.41, 5.74) is -1.02. The first-order valence-corrected chi connectivity index (χ1v) is 6.10. The molecule has 0 spiro atoms. The topological polar surface area (TPSA) is 119 Å². The molecule has 0 aliphatic carbocycles. The minimum absolute atomic E-state index is 0.130. The Morgan fingerprint density at radius 3 is 2.40 bits per heavy atom. The summed E-state index contributed by atoms with van der Waals surface area (Å²) in [7, 11) is 0. The van der Waals surface area contributed by atoms with Gasteiger partial charge in [-0.15, -0.1) is 0 Å². The first-order valence-electron chi connectivity index (χ1n) is 6.10. The molecule has 1 rings (SSSR count). The van der Waals surface area contributed by atoms with Crippen molar-refractivity contribution in [3.63, 3.8) is 0 Å². The third kappa shape index (κ3) is 4.46. The summed E-state index contributed by atoms with van der Waals surface area (Å²) in [5, 5.41) is 38.9. The van der Waals surface area contributed by atoms with Crippen molar-refractivity contribution in [2.24, 2.45) is 0 Å². The second-order valence-electron chi connectivity index (χ2n) is 4.36. The van der Waals surface area contributed by atoms with Gasteiger partial charge in [0.2, 0.25) is 0 Å². The van der Waals surface area contributed by atoms with E-state index < -0.39 is 31.3 Å². The highest BCUT2D eigenvalue weighted by Crippen LogP contribution is 2.13. The number of aliphatic hydroxyl groups excluding tert-OH is 3. The van der Waals surface area contributed by atoms with Crippen molar-refractivity contribution in [1.29, 1.82) is 0 Å². The summed E-state index contributed by atoms with van der Waals surface area (Å²) >= 11 is 0. The highest BCUT2D eigenvalue weighted by Gasteiger charge is 2.26. The Morgan fingerprint density at radius 1 is 1.20 bits per heavy atom. The lowest BCUT2D eigenvalue weighted by molar-refractivity contribution is 0.0404. The largest absolute Gasteiger partial charge is 0.492 e. The third-order valence-electron chi connectivity index (χ3n) is 2.86. The van der Waals surface area contributed by atoms with Gasteiger partial charge in [0.1, 0.15) is 12.4 Å². The van der Waals surface area contributed by atoms with Crippen LogP contribution < -0.4 is 10.1 Å². The number of hydrogen-bond donors (Lipinski definition) is 5. The van der Waals surface area contributed by atoms with Gasteiger partial charge in [0.25, 0.3) is 0 Å². The van der Waals surface area contributed by atoms with Crippen LogP contribution in [-0.2, 0) is 0 Å². The van der Waals surface area contributed by atoms with E-state index in [0.29, 0.717) is 5.75 Å². The zero-order valence-corrected chi connectivity index (χ0v) is 11.0. The molecule has 0 aliphatic rings. The van der Waals surface area contributed by atoms with Crippen molar-refractivity contribution in [1.82, 2.24) is 5.32 Å². The highest BCUT2D eigenvalue weighted by molar-refractivity contribution is 5.87. The molecule has 0 unspecified atom stereocenters. The lowest BCUT2D eigenvalue weighted by Gasteiger charge is -2.28. The van der Waals surface area contributed by atoms with Crippen LogP contribution in [0.4, 0.5) is 0 Å². The lowest BCUT2D eigenvalue weighted by atomic mass is 10.0. The molecule has 1 aromatic carbocycles. The van der Waals surface area contributed by atoms with Crippen LogP contribution in [0.2, 0.25) is 0 Å². The van der Waals surface area contributed by atoms with Crippen LogP contribution >= 0.6 is 0 Å². The Labute approximate surface area is 116 Å². The minimum atomic E-state index is -1.15. The van der Waals surface area contributed by atoms with Gasteiger partial charge in [0.05, 0.1) is 30.9 Å². The summed E-state index contributed by atoms with van der Waals surface area (Å²) in [6.07, 6.45) is 0. The van der Waals surface area contributed by atoms with Crippen molar-refractivity contribution >= 4 is 5.97 Å². The average Bonchev–Trinajstić information content (AvgIpc) is 2.48. The zero-order valence-electron chi connectivity index (χ0n) is 11.0. The number of carboxylic acid groups (broad SMARTS) is 1. The summed E-state index contributed by atoms with van der Waals surface area (Å²) in [4.78, 5) is 10.8. The van der Waals surface area contributed by atoms with Gasteiger partial charge in [-0.1, -0.05) is 6.07 Å². The SMILES string of the molecule is O=C(O)c1cccc(OCCNC(CO)(CO)CO)c1. The van der Waals surface area contributed by atoms with Crippen LogP contribution in [0.25, 0.3) is 0 Å². The molecule has 0 amide bonds. The van der Waals surface area contributed by atoms with E-state index in [0.717, 1.165) is 0 Å². The number of carbonyl (C=O) groups is 1. The minimum Gasteiger partial charge on any atom is -0.492 e. The molecule has 0 fully saturated rings. The van der Waals surface area contributed by atoms with Gasteiger partial charge < -0.3 is 30.5 Å². The number of benzene rings is 1. The molecular weight excluding hydrogens is 266 g/mol. The first-order chi connectivity index (χ1) is 9.56. The van der Waals surface area contributed by atoms with E-state index in [-0.39, 0.29) is 18.7 Å². The zero-order chi connectivity index (χ0) is 15.0. The quantitative estimate of drug-likeness (QED) is 0.372. The molecule has 0 aromatic heterocycles. The number of aliphatic hydroxyl groups is 3. The summed E-state index contributed by atoms with van der Waals surface area (Å²) in [6, 6.07) is 6.07. The van der Waals surface area contributed by atoms with E-state index >= 15 is 0 Å². The van der Waals surface area contributed by atoms with Gasteiger partial charge in [-0.3, -0.25) is 0 Å². The van der Waals surface area contributed by atoms with E-state index in [1.54, 1.807) is 12.1 Å². The number of ether oxygens (including phenoxy) is 1. The van der Waals surface area contributed by atoms with E-state index in [9.17, 15) is 4.79 Å². The highest BCUT2D eigenvalue weighted by atomic mass is 16.5. The van der Waals surface area contributed by atoms with Crippen molar-refractivity contribution in [3.05, 3.63) is 29.8 Å². The number of nitrogens with one attached hydrogen (secondary N) is 1. The monoisotopic (exact) mass is 285 g/mol. The normalized spacial score (nSPS) is 11.3. The van der Waals surface area contributed by atoms with Gasteiger partial charge in [-0.2, -0.15) is 0 Å². The molecule has 112 valence electrons. The molecule has 7 nitrogen and oxygen atoms in total. The predicted molar refractivity (Wildman–Crippen MR) is 70.9 cm³/mol. The molecule has 1 aromatic rings. The number of hydrogen-bond acceptors (Lipinski definition) is 6. The van der Waals surface area contributed by atoms with Crippen LogP contribution in [0, 0.1) is 0 Å². The van der Waals surface area contributed by atoms with Gasteiger partial charge >= 0.3 is 5.97 Å². The second kappa shape index (κ2) is 7.81. The summed E-state index contributed by atoms with van der Waals surface area (Å²) in [5.74, 6) is -0.622. The van der Waals surface area contributed by atoms with Crippen LogP contribution in [0.5, 0.6) is 5.75 Å². The maximum Gasteiger partial charge on any atom is 0.335 e. The van der Waals surface area contributed by atoms with Gasteiger partial charge in [-0.05, 0) is 18.2 Å². The Kier molecular flexibility index (Phi) is 6.40. The van der Waals surface area contributed by atoms with Gasteiger partial charge in [0, 0.05) is 6.54 Å². The Hall–Kier alpha value is -1.67. The maximum atomic E-state index is 10.8. The molecular formula is C13H19NO6. The summed E-state index contributed by atoms with van der Waals surface area (Å²) in [6.45, 7) is -0.749. The van der Waals surface area contributed by atoms with Crippen molar-refractivity contribution in [2.75, 3.05) is 33.0 Å². The molecule has 0 saturated carbocycles. The van der Waals surface area contributed by atoms with E-state index in [1.807, 2.05) is 0 Å². The van der Waals surface area contributed by atoms with Crippen LogP contribution in [0.3, 0.4) is 0 Å². The fraction of sp³-hybridized carbons (Fsp3) is 0.462. The fourth-order valence-corrected chi connectivity index (χ4v) is 1.52. The van der Waals surface area contributed by atoms with Crippen molar-refractivity contribution in [3.8, 4) is 5.75 Å². The van der Waals surface area contributed by atoms with Crippen molar-refractivity contribution < 1.29 is 30.0 Å². The molecule has 0 radical (unpaired) electrons. The molecule has 20 heavy (non-hydrogen) atoms. The maximum absolute atomic E-state index is 10.8. The fourth-order valence-electron chi connectivity index (χ4n) is 1.52. The number of aromatic carboxylic acids is 1. The third-order valence-corrected chi connectivity index (χ3v) is 2.86. The number of rotatable bonds is 9. The van der Waals surface area contributed by atoms with Gasteiger partial charge in [-0.25, -0.2) is 4.79 Å². The first kappa shape index (κ1) is 16.4. The van der Waals surface area contributed by atoms with E-state index in [1.165, 1.54) is 12.1 Å². The smallest absolute Gasteiger partial charge is 0.335 e. The van der Waals surface area contributed by atoms with Crippen LogP contribution in [0.1, 0.15) is 10.4 Å². The van der Waals surface area contributed by atoms with E-state index in [4.69, 9.17) is 25.2 Å². The molecule has 0 bridgehead atoms. The Bertz CT molecular complexity index is 424. The Balaban J connectivity index is 2.45. The standard InChI is InChI=1S/C13H19NO6/c15-7-13(8-16,9-17)14-4-5-20-11-3-1-2-10(6-11)12(18)19/h1-3,6,14-17H,4-5,7-9H2,(H,18,19). The molecule has 0 saturated heterocycles. The van der Waals surface area contributed by atoms with Gasteiger partial charge in [0.15, 0.2) is 0 Å². The molecule has 7 heteroatoms. The second-order valence-corrected chi connectivity index (χ2v) is 4.36. The average molecular weight is 285 g/mol. The molecule has 5 N–H and O–H groups in total. The van der Waals surface area contributed by atoms with Crippen molar-refractivity contribution in [2.45, 2.75) is 5.54 Å².